The van der Waals surface area contributed by atoms with Crippen LogP contribution in [-0.4, -0.2) is 124 Å². The average Bonchev–Trinajstić information content (AvgIpc) is 3.79. The molecule has 2 aromatic rings. The number of pyridine rings is 1. The minimum absolute atomic E-state index is 0.0163. The van der Waals surface area contributed by atoms with E-state index in [4.69, 9.17) is 47.0 Å². The van der Waals surface area contributed by atoms with Gasteiger partial charge in [0.15, 0.2) is 30.0 Å². The molecular weight excluding hydrogens is 810 g/mol. The van der Waals surface area contributed by atoms with Crippen molar-refractivity contribution in [2.75, 3.05) is 13.2 Å². The second-order valence-electron chi connectivity index (χ2n) is 16.1. The summed E-state index contributed by atoms with van der Waals surface area (Å²) in [6, 6.07) is 4.17. The van der Waals surface area contributed by atoms with Crippen LogP contribution in [0.25, 0.3) is 0 Å². The van der Waals surface area contributed by atoms with Crippen molar-refractivity contribution in [1.82, 2.24) is 4.98 Å². The van der Waals surface area contributed by atoms with Crippen LogP contribution in [0.5, 0.6) is 0 Å². The Hall–Kier alpha value is -5.89. The molecule has 61 heavy (non-hydrogen) atoms. The third kappa shape index (κ3) is 7.59. The lowest BCUT2D eigenvalue weighted by molar-refractivity contribution is -0.386. The van der Waals surface area contributed by atoms with Crippen molar-refractivity contribution in [3.05, 3.63) is 53.7 Å². The maximum Gasteiger partial charge on any atom is 0.341 e. The van der Waals surface area contributed by atoms with Crippen LogP contribution in [0, 0.1) is 17.3 Å². The molecular formula is C41H47NO19. The Balaban J connectivity index is 1.77. The van der Waals surface area contributed by atoms with Gasteiger partial charge < -0.3 is 52.2 Å². The molecule has 2 saturated carbocycles. The lowest BCUT2D eigenvalue weighted by Gasteiger charge is -2.67. The number of aromatic nitrogens is 1. The summed E-state index contributed by atoms with van der Waals surface area (Å²) in [6.07, 6.45) is -8.59. The van der Waals surface area contributed by atoms with Gasteiger partial charge in [0.25, 0.3) is 0 Å². The fourth-order valence-corrected chi connectivity index (χ4v) is 9.54. The topological polar surface area (TPSA) is 266 Å². The molecule has 1 spiro atoms. The number of aryl methyl sites for hydroxylation is 1. The highest BCUT2D eigenvalue weighted by Crippen LogP contribution is 2.70. The largest absolute Gasteiger partial charge is 0.472 e. The van der Waals surface area contributed by atoms with Gasteiger partial charge in [-0.1, -0.05) is 6.92 Å². The van der Waals surface area contributed by atoms with Crippen LogP contribution in [0.4, 0.5) is 0 Å². The minimum atomic E-state index is -2.87. The quantitative estimate of drug-likeness (QED) is 0.293. The summed E-state index contributed by atoms with van der Waals surface area (Å²) >= 11 is 0. The van der Waals surface area contributed by atoms with Crippen LogP contribution >= 0.6 is 0 Å². The number of esters is 8. The predicted molar refractivity (Wildman–Crippen MR) is 197 cm³/mol. The molecule has 0 amide bonds. The maximum atomic E-state index is 14.3. The van der Waals surface area contributed by atoms with Crippen LogP contribution in [0.3, 0.4) is 0 Å². The molecule has 6 rings (SSSR count). The highest BCUT2D eigenvalue weighted by atomic mass is 16.7. The number of aliphatic hydroxyl groups is 1. The number of carbonyl (C=O) groups is 8. The van der Waals surface area contributed by atoms with E-state index in [1.165, 1.54) is 38.2 Å². The molecule has 12 atom stereocenters. The molecule has 0 radical (unpaired) electrons. The van der Waals surface area contributed by atoms with Crippen LogP contribution in [0.2, 0.25) is 0 Å². The van der Waals surface area contributed by atoms with E-state index < -0.39 is 132 Å². The Morgan fingerprint density at radius 1 is 0.836 bits per heavy atom. The van der Waals surface area contributed by atoms with E-state index in [1.54, 1.807) is 0 Å². The first-order valence-corrected chi connectivity index (χ1v) is 19.4. The zero-order valence-corrected chi connectivity index (χ0v) is 34.7. The zero-order valence-electron chi connectivity index (χ0n) is 34.7. The van der Waals surface area contributed by atoms with Crippen molar-refractivity contribution < 1.29 is 90.5 Å². The van der Waals surface area contributed by atoms with Crippen molar-refractivity contribution in [3.8, 4) is 0 Å². The number of carbonyl (C=O) groups excluding carboxylic acids is 8. The monoisotopic (exact) mass is 857 g/mol. The third-order valence-electron chi connectivity index (χ3n) is 11.8. The number of hydrogen-bond acceptors (Lipinski definition) is 20. The number of ether oxygens (including phenoxy) is 9. The van der Waals surface area contributed by atoms with Gasteiger partial charge in [-0.3, -0.25) is 33.8 Å². The molecule has 0 aromatic carbocycles. The first kappa shape index (κ1) is 44.7. The molecule has 2 aliphatic heterocycles. The molecule has 4 bridgehead atoms. The summed E-state index contributed by atoms with van der Waals surface area (Å²) in [4.78, 5) is 113. The highest BCUT2D eigenvalue weighted by molar-refractivity contribution is 5.91. The van der Waals surface area contributed by atoms with Gasteiger partial charge in [-0.15, -0.1) is 0 Å². The lowest BCUT2D eigenvalue weighted by atomic mass is 9.45. The summed E-state index contributed by atoms with van der Waals surface area (Å²) < 4.78 is 60.1. The summed E-state index contributed by atoms with van der Waals surface area (Å²) in [5.74, 6) is -10.8. The first-order valence-electron chi connectivity index (χ1n) is 19.4. The van der Waals surface area contributed by atoms with Crippen LogP contribution in [-0.2, 0) is 77.8 Å². The predicted octanol–water partition coefficient (Wildman–Crippen LogP) is 1.75. The van der Waals surface area contributed by atoms with Crippen LogP contribution < -0.4 is 0 Å². The molecule has 20 nitrogen and oxygen atoms in total. The summed E-state index contributed by atoms with van der Waals surface area (Å²) in [5.41, 5.74) is -10.3. The van der Waals surface area contributed by atoms with Crippen molar-refractivity contribution >= 4 is 47.8 Å². The molecule has 1 saturated heterocycles. The fourth-order valence-electron chi connectivity index (χ4n) is 9.54. The fraction of sp³-hybridized carbons (Fsp3) is 0.585. The molecule has 3 fully saturated rings. The number of rotatable bonds is 8. The molecule has 1 N–H and O–H groups in total. The second-order valence-corrected chi connectivity index (χ2v) is 16.1. The molecule has 0 unspecified atom stereocenters. The van der Waals surface area contributed by atoms with E-state index in [2.05, 4.69) is 4.98 Å². The SMILES string of the molecule is CC(=O)OC[C@]12[C@H](OC(C)=O)[C@H](OC(C)=O)[C@@H]3[C@@H](OC(C)=O)[C@@]14O[C@@]3(C)COC(=O)c1cccnc1CC[C@H](C)C(=O)O[C@@H]([C@H](OC(=O)c1ccoc1)[C@@H]2OC(C)=O)[C@@]4(C)O. The molecule has 330 valence electrons. The average molecular weight is 858 g/mol. The number of fused-ring (bicyclic) bond motifs is 5. The van der Waals surface area contributed by atoms with Gasteiger partial charge in [0.1, 0.15) is 48.3 Å². The summed E-state index contributed by atoms with van der Waals surface area (Å²) in [7, 11) is 0. The maximum absolute atomic E-state index is 14.3. The molecule has 2 aromatic heterocycles. The van der Waals surface area contributed by atoms with Gasteiger partial charge in [-0.25, -0.2) is 9.59 Å². The van der Waals surface area contributed by atoms with E-state index in [-0.39, 0.29) is 29.7 Å². The van der Waals surface area contributed by atoms with Gasteiger partial charge in [-0.2, -0.15) is 0 Å². The van der Waals surface area contributed by atoms with Gasteiger partial charge in [0, 0.05) is 40.8 Å². The van der Waals surface area contributed by atoms with E-state index >= 15 is 0 Å². The van der Waals surface area contributed by atoms with Crippen LogP contribution in [0.1, 0.15) is 88.2 Å². The van der Waals surface area contributed by atoms with Gasteiger partial charge in [-0.05, 0) is 44.9 Å². The van der Waals surface area contributed by atoms with Crippen molar-refractivity contribution in [2.45, 2.75) is 122 Å². The van der Waals surface area contributed by atoms with Gasteiger partial charge in [0.05, 0.1) is 34.9 Å². The zero-order chi connectivity index (χ0) is 44.8. The highest BCUT2D eigenvalue weighted by Gasteiger charge is 2.92. The Kier molecular flexibility index (Phi) is 12.1. The molecule has 4 heterocycles. The number of nitrogens with zero attached hydrogens (tertiary/aromatic N) is 1. The summed E-state index contributed by atoms with van der Waals surface area (Å²) in [5, 5.41) is 13.6. The Morgan fingerprint density at radius 3 is 2.05 bits per heavy atom. The smallest absolute Gasteiger partial charge is 0.341 e. The Bertz CT molecular complexity index is 2100. The van der Waals surface area contributed by atoms with Crippen LogP contribution in [0.15, 0.2) is 41.3 Å². The van der Waals surface area contributed by atoms with Crippen molar-refractivity contribution in [1.29, 1.82) is 0 Å². The van der Waals surface area contributed by atoms with Gasteiger partial charge in [0.2, 0.25) is 0 Å². The standard InChI is InChI=1S/C41H47NO19/c1-19-11-12-27-26(10-9-14-42-27)37(50)54-17-38(7)28-29(55-21(3)44)33(57-23(5)46)40(18-53-20(2)43)34(58-24(6)47)30(59-36(49)25-13-15-52-16-25)32(60-35(19)48)39(8,51)41(40,61-38)31(28)56-22(4)45/h9-10,13-16,19,28-34,51H,11-12,17-18H2,1-8H3/t19-,28+,29+,30-,31+,32-,33+,34-,38-,39+,40+,41-/m0/s1. The van der Waals surface area contributed by atoms with E-state index in [9.17, 15) is 43.5 Å². The number of hydrogen-bond donors (Lipinski definition) is 1. The second kappa shape index (κ2) is 16.5. The van der Waals surface area contributed by atoms with E-state index in [1.807, 2.05) is 0 Å². The van der Waals surface area contributed by atoms with Gasteiger partial charge >= 0.3 is 47.8 Å². The normalized spacial score (nSPS) is 35.4. The summed E-state index contributed by atoms with van der Waals surface area (Å²) in [6.45, 7) is 7.05. The van der Waals surface area contributed by atoms with E-state index in [0.29, 0.717) is 0 Å². The lowest BCUT2D eigenvalue weighted by Crippen LogP contribution is -2.89. The third-order valence-corrected chi connectivity index (χ3v) is 11.8. The molecule has 20 heteroatoms. The Morgan fingerprint density at radius 2 is 1.46 bits per heavy atom. The van der Waals surface area contributed by atoms with E-state index in [0.717, 1.165) is 54.1 Å². The Labute approximate surface area is 348 Å². The number of cyclic esters (lactones) is 1. The molecule has 2 aliphatic carbocycles. The molecule has 4 aliphatic rings. The first-order chi connectivity index (χ1) is 28.6. The van der Waals surface area contributed by atoms with Crippen molar-refractivity contribution in [3.63, 3.8) is 0 Å². The van der Waals surface area contributed by atoms with Crippen molar-refractivity contribution in [2.24, 2.45) is 17.3 Å². The minimum Gasteiger partial charge on any atom is -0.472 e. The number of furan rings is 1.